The highest BCUT2D eigenvalue weighted by Crippen LogP contribution is 2.43. The number of anilines is 2. The minimum Gasteiger partial charge on any atom is -0.503 e. The van der Waals surface area contributed by atoms with E-state index < -0.39 is 23.5 Å². The second-order valence-electron chi connectivity index (χ2n) is 9.38. The minimum atomic E-state index is -0.781. The highest BCUT2D eigenvalue weighted by Gasteiger charge is 2.45. The molecule has 0 bridgehead atoms. The molecular formula is C30H26N2O4. The zero-order chi connectivity index (χ0) is 24.8. The minimum absolute atomic E-state index is 0.0250. The summed E-state index contributed by atoms with van der Waals surface area (Å²) < 4.78 is 5.82. The third-order valence-electron chi connectivity index (χ3n) is 7.18. The molecule has 6 rings (SSSR count). The molecule has 36 heavy (non-hydrogen) atoms. The first-order valence-corrected chi connectivity index (χ1v) is 12.2. The van der Waals surface area contributed by atoms with Crippen LogP contribution in [0.15, 0.2) is 94.6 Å². The van der Waals surface area contributed by atoms with Gasteiger partial charge in [-0.05, 0) is 67.3 Å². The van der Waals surface area contributed by atoms with Crippen LogP contribution in [0, 0.1) is 6.92 Å². The summed E-state index contributed by atoms with van der Waals surface area (Å²) in [6, 6.07) is 23.6. The topological polar surface area (TPSA) is 74.0 Å². The fraction of sp³-hybridized carbons (Fsp3) is 0.200. The van der Waals surface area contributed by atoms with E-state index in [0.29, 0.717) is 11.3 Å². The molecule has 0 aliphatic carbocycles. The molecular weight excluding hydrogens is 452 g/mol. The van der Waals surface area contributed by atoms with Crippen molar-refractivity contribution in [3.8, 4) is 0 Å². The van der Waals surface area contributed by atoms with Crippen molar-refractivity contribution in [3.63, 3.8) is 0 Å². The maximum atomic E-state index is 13.8. The Hall–Kier alpha value is -4.32. The Bertz CT molecular complexity index is 1480. The highest BCUT2D eigenvalue weighted by molar-refractivity contribution is 6.20. The summed E-state index contributed by atoms with van der Waals surface area (Å²) in [7, 11) is 0. The predicted molar refractivity (Wildman–Crippen MR) is 139 cm³/mol. The normalized spacial score (nSPS) is 18.0. The van der Waals surface area contributed by atoms with Crippen molar-refractivity contribution in [2.75, 3.05) is 22.9 Å². The van der Waals surface area contributed by atoms with Crippen LogP contribution in [0.25, 0.3) is 11.0 Å². The number of rotatable bonds is 5. The van der Waals surface area contributed by atoms with Gasteiger partial charge in [-0.2, -0.15) is 0 Å². The van der Waals surface area contributed by atoms with Crippen LogP contribution in [0.1, 0.15) is 40.6 Å². The van der Waals surface area contributed by atoms with Gasteiger partial charge in [0.2, 0.25) is 5.78 Å². The lowest BCUT2D eigenvalue weighted by Gasteiger charge is -2.28. The molecule has 2 aliphatic heterocycles. The molecule has 0 saturated carbocycles. The van der Waals surface area contributed by atoms with Gasteiger partial charge in [0.05, 0.1) is 11.6 Å². The highest BCUT2D eigenvalue weighted by atomic mass is 16.3. The molecule has 0 radical (unpaired) electrons. The Morgan fingerprint density at radius 3 is 2.31 bits per heavy atom. The number of furan rings is 1. The predicted octanol–water partition coefficient (Wildman–Crippen LogP) is 6.12. The average Bonchev–Trinajstić information content (AvgIpc) is 3.63. The molecule has 1 unspecified atom stereocenters. The number of para-hydroxylation sites is 1. The molecule has 1 fully saturated rings. The number of ketones is 1. The Labute approximate surface area is 209 Å². The quantitative estimate of drug-likeness (QED) is 0.350. The number of nitrogens with zero attached hydrogens (tertiary/aromatic N) is 2. The van der Waals surface area contributed by atoms with Crippen molar-refractivity contribution in [2.45, 2.75) is 25.8 Å². The van der Waals surface area contributed by atoms with E-state index in [9.17, 15) is 14.7 Å². The molecule has 6 heteroatoms. The van der Waals surface area contributed by atoms with Crippen LogP contribution in [-0.2, 0) is 4.79 Å². The first-order chi connectivity index (χ1) is 17.5. The van der Waals surface area contributed by atoms with Gasteiger partial charge in [-0.1, -0.05) is 42.5 Å². The fourth-order valence-corrected chi connectivity index (χ4v) is 5.32. The molecule has 2 aliphatic rings. The summed E-state index contributed by atoms with van der Waals surface area (Å²) in [5, 5.41) is 11.8. The maximum absolute atomic E-state index is 13.8. The zero-order valence-corrected chi connectivity index (χ0v) is 20.0. The van der Waals surface area contributed by atoms with Crippen molar-refractivity contribution in [3.05, 3.63) is 107 Å². The Balaban J connectivity index is 1.45. The van der Waals surface area contributed by atoms with Crippen molar-refractivity contribution in [2.24, 2.45) is 0 Å². The average molecular weight is 479 g/mol. The number of aliphatic hydroxyl groups excluding tert-OH is 1. The molecule has 1 aromatic heterocycles. The van der Waals surface area contributed by atoms with E-state index in [1.807, 2.05) is 73.7 Å². The standard InChI is InChI=1S/C30H26N2O4/c1-19-8-2-4-10-23(19)27-26(28(33)25-18-20-9-3-5-11-24(20)36-25)29(34)30(35)32(27)22-14-12-21(13-15-22)31-16-6-7-17-31/h2-5,8-15,18,27,34H,6-7,16-17H2,1H3. The summed E-state index contributed by atoms with van der Waals surface area (Å²) in [6.45, 7) is 3.98. The van der Waals surface area contributed by atoms with Gasteiger partial charge in [-0.25, -0.2) is 0 Å². The van der Waals surface area contributed by atoms with Crippen LogP contribution in [0.2, 0.25) is 0 Å². The lowest BCUT2D eigenvalue weighted by Crippen LogP contribution is -2.31. The van der Waals surface area contributed by atoms with Crippen LogP contribution in [0.4, 0.5) is 11.4 Å². The molecule has 1 amide bonds. The summed E-state index contributed by atoms with van der Waals surface area (Å²) >= 11 is 0. The molecule has 4 aromatic rings. The number of benzene rings is 3. The second-order valence-corrected chi connectivity index (χ2v) is 9.38. The van der Waals surface area contributed by atoms with Gasteiger partial charge in [0, 0.05) is 29.9 Å². The third-order valence-corrected chi connectivity index (χ3v) is 7.18. The lowest BCUT2D eigenvalue weighted by molar-refractivity contribution is -0.117. The van der Waals surface area contributed by atoms with Crippen molar-refractivity contribution in [1.29, 1.82) is 0 Å². The van der Waals surface area contributed by atoms with Crippen LogP contribution in [-0.4, -0.2) is 29.9 Å². The first-order valence-electron chi connectivity index (χ1n) is 12.2. The second kappa shape index (κ2) is 8.72. The number of aryl methyl sites for hydroxylation is 1. The molecule has 0 spiro atoms. The van der Waals surface area contributed by atoms with Gasteiger partial charge in [-0.15, -0.1) is 0 Å². The Morgan fingerprint density at radius 1 is 0.917 bits per heavy atom. The zero-order valence-electron chi connectivity index (χ0n) is 20.0. The van der Waals surface area contributed by atoms with E-state index in [0.717, 1.165) is 35.3 Å². The number of carbonyl (C=O) groups is 2. The molecule has 180 valence electrons. The largest absolute Gasteiger partial charge is 0.503 e. The summed E-state index contributed by atoms with van der Waals surface area (Å²) in [6.07, 6.45) is 2.35. The van der Waals surface area contributed by atoms with Gasteiger partial charge < -0.3 is 14.4 Å². The van der Waals surface area contributed by atoms with Crippen LogP contribution < -0.4 is 9.80 Å². The van der Waals surface area contributed by atoms with Gasteiger partial charge in [0.25, 0.3) is 5.91 Å². The van der Waals surface area contributed by atoms with E-state index in [1.165, 1.54) is 17.7 Å². The lowest BCUT2D eigenvalue weighted by atomic mass is 9.92. The van der Waals surface area contributed by atoms with Crippen molar-refractivity contribution < 1.29 is 19.1 Å². The van der Waals surface area contributed by atoms with Crippen LogP contribution >= 0.6 is 0 Å². The van der Waals surface area contributed by atoms with Crippen molar-refractivity contribution >= 4 is 34.0 Å². The van der Waals surface area contributed by atoms with E-state index in [4.69, 9.17) is 4.42 Å². The molecule has 6 nitrogen and oxygen atoms in total. The summed E-state index contributed by atoms with van der Waals surface area (Å²) in [4.78, 5) is 31.1. The first kappa shape index (κ1) is 22.2. The van der Waals surface area contributed by atoms with Gasteiger partial charge in [-0.3, -0.25) is 14.5 Å². The Kier molecular flexibility index (Phi) is 5.37. The molecule has 3 aromatic carbocycles. The maximum Gasteiger partial charge on any atom is 0.294 e. The molecule has 1 N–H and O–H groups in total. The smallest absolute Gasteiger partial charge is 0.294 e. The monoisotopic (exact) mass is 478 g/mol. The van der Waals surface area contributed by atoms with Gasteiger partial charge in [0.15, 0.2) is 11.5 Å². The number of Topliss-reactive ketones (excluding diaryl/α,β-unsaturated/α-hetero) is 1. The van der Waals surface area contributed by atoms with E-state index in [-0.39, 0.29) is 11.3 Å². The van der Waals surface area contributed by atoms with Crippen LogP contribution in [0.5, 0.6) is 0 Å². The molecule has 1 saturated heterocycles. The van der Waals surface area contributed by atoms with Gasteiger partial charge >= 0.3 is 0 Å². The molecule has 1 atom stereocenters. The number of aliphatic hydroxyl groups is 1. The van der Waals surface area contributed by atoms with Crippen molar-refractivity contribution in [1.82, 2.24) is 0 Å². The number of hydrogen-bond donors (Lipinski definition) is 1. The number of hydrogen-bond acceptors (Lipinski definition) is 5. The number of fused-ring (bicyclic) bond motifs is 1. The summed E-state index contributed by atoms with van der Waals surface area (Å²) in [5.74, 6) is -1.55. The van der Waals surface area contributed by atoms with Crippen LogP contribution in [0.3, 0.4) is 0 Å². The number of carbonyl (C=O) groups excluding carboxylic acids is 2. The van der Waals surface area contributed by atoms with E-state index in [2.05, 4.69) is 4.90 Å². The summed E-state index contributed by atoms with van der Waals surface area (Å²) in [5.41, 5.74) is 4.02. The Morgan fingerprint density at radius 2 is 1.58 bits per heavy atom. The SMILES string of the molecule is Cc1ccccc1C1C(C(=O)c2cc3ccccc3o2)=C(O)C(=O)N1c1ccc(N2CCCC2)cc1. The molecule has 3 heterocycles. The number of amides is 1. The van der Waals surface area contributed by atoms with Gasteiger partial charge in [0.1, 0.15) is 5.58 Å². The fourth-order valence-electron chi connectivity index (χ4n) is 5.32. The van der Waals surface area contributed by atoms with E-state index >= 15 is 0 Å². The van der Waals surface area contributed by atoms with E-state index in [1.54, 1.807) is 12.1 Å². The third kappa shape index (κ3) is 3.57.